The van der Waals surface area contributed by atoms with Crippen molar-refractivity contribution in [1.29, 1.82) is 0 Å². The van der Waals surface area contributed by atoms with Gasteiger partial charge in [-0.25, -0.2) is 0 Å². The smallest absolute Gasteiger partial charge is 0.119 e. The molecule has 5 atom stereocenters. The van der Waals surface area contributed by atoms with Crippen LogP contribution in [-0.2, 0) is 11.3 Å². The SMILES string of the molecule is C[C@@H](COCc1ccccc1)C[C@H](C)C[C@H](C)C#CC(O)C[C@@H](O)c1cc(O)cc(O)c1. The van der Waals surface area contributed by atoms with Crippen molar-refractivity contribution in [1.82, 2.24) is 0 Å². The van der Waals surface area contributed by atoms with E-state index in [1.807, 2.05) is 25.1 Å². The van der Waals surface area contributed by atoms with Gasteiger partial charge in [0.15, 0.2) is 0 Å². The molecular formula is C27H36O5. The molecule has 0 saturated carbocycles. The van der Waals surface area contributed by atoms with Gasteiger partial charge in [0.1, 0.15) is 17.6 Å². The van der Waals surface area contributed by atoms with E-state index in [2.05, 4.69) is 37.8 Å². The summed E-state index contributed by atoms with van der Waals surface area (Å²) in [5.41, 5.74) is 1.52. The van der Waals surface area contributed by atoms with Crippen molar-refractivity contribution < 1.29 is 25.2 Å². The molecule has 0 fully saturated rings. The van der Waals surface area contributed by atoms with Crippen LogP contribution in [0.1, 0.15) is 57.3 Å². The highest BCUT2D eigenvalue weighted by Crippen LogP contribution is 2.27. The minimum atomic E-state index is -1.02. The van der Waals surface area contributed by atoms with Gasteiger partial charge in [-0.15, -0.1) is 0 Å². The van der Waals surface area contributed by atoms with Gasteiger partial charge in [0.25, 0.3) is 0 Å². The van der Waals surface area contributed by atoms with Gasteiger partial charge in [-0.1, -0.05) is 62.9 Å². The predicted octanol–water partition coefficient (Wildman–Crippen LogP) is 4.79. The molecule has 5 nitrogen and oxygen atoms in total. The molecule has 0 saturated heterocycles. The number of phenols is 2. The Labute approximate surface area is 191 Å². The zero-order chi connectivity index (χ0) is 23.5. The molecule has 0 heterocycles. The van der Waals surface area contributed by atoms with Gasteiger partial charge < -0.3 is 25.2 Å². The van der Waals surface area contributed by atoms with Crippen molar-refractivity contribution in [2.24, 2.45) is 17.8 Å². The lowest BCUT2D eigenvalue weighted by atomic mass is 9.90. The van der Waals surface area contributed by atoms with Gasteiger partial charge in [-0.2, -0.15) is 0 Å². The summed E-state index contributed by atoms with van der Waals surface area (Å²) in [6.07, 6.45) is -0.0382. The predicted molar refractivity (Wildman–Crippen MR) is 126 cm³/mol. The summed E-state index contributed by atoms with van der Waals surface area (Å²) in [4.78, 5) is 0. The maximum Gasteiger partial charge on any atom is 0.119 e. The highest BCUT2D eigenvalue weighted by molar-refractivity contribution is 5.37. The van der Waals surface area contributed by atoms with Crippen LogP contribution < -0.4 is 0 Å². The monoisotopic (exact) mass is 440 g/mol. The van der Waals surface area contributed by atoms with Crippen LogP contribution in [0.2, 0.25) is 0 Å². The molecule has 0 aromatic heterocycles. The minimum absolute atomic E-state index is 0.00789. The van der Waals surface area contributed by atoms with Gasteiger partial charge in [0.2, 0.25) is 0 Å². The van der Waals surface area contributed by atoms with Crippen LogP contribution in [0.5, 0.6) is 11.5 Å². The molecule has 0 aliphatic carbocycles. The van der Waals surface area contributed by atoms with Crippen molar-refractivity contribution in [3.8, 4) is 23.3 Å². The zero-order valence-corrected chi connectivity index (χ0v) is 19.2. The molecule has 0 spiro atoms. The Morgan fingerprint density at radius 3 is 2.12 bits per heavy atom. The number of benzene rings is 2. The third kappa shape index (κ3) is 9.74. The summed E-state index contributed by atoms with van der Waals surface area (Å²) in [5.74, 6) is 6.69. The van der Waals surface area contributed by atoms with E-state index in [1.165, 1.54) is 23.8 Å². The molecular weight excluding hydrogens is 404 g/mol. The fourth-order valence-electron chi connectivity index (χ4n) is 3.92. The molecule has 0 aliphatic heterocycles. The maximum atomic E-state index is 10.2. The average Bonchev–Trinajstić information content (AvgIpc) is 2.72. The first-order valence-electron chi connectivity index (χ1n) is 11.2. The minimum Gasteiger partial charge on any atom is -0.508 e. The second-order valence-corrected chi connectivity index (χ2v) is 8.92. The second-order valence-electron chi connectivity index (χ2n) is 8.92. The molecule has 4 N–H and O–H groups in total. The summed E-state index contributed by atoms with van der Waals surface area (Å²) < 4.78 is 5.84. The lowest BCUT2D eigenvalue weighted by molar-refractivity contribution is 0.0839. The third-order valence-electron chi connectivity index (χ3n) is 5.33. The van der Waals surface area contributed by atoms with Crippen LogP contribution in [0.3, 0.4) is 0 Å². The average molecular weight is 441 g/mol. The number of ether oxygens (including phenoxy) is 1. The molecule has 1 unspecified atom stereocenters. The van der Waals surface area contributed by atoms with Crippen LogP contribution in [0, 0.1) is 29.6 Å². The molecule has 2 rings (SSSR count). The molecule has 0 radical (unpaired) electrons. The number of rotatable bonds is 11. The largest absolute Gasteiger partial charge is 0.508 e. The molecule has 2 aromatic rings. The molecule has 0 amide bonds. The van der Waals surface area contributed by atoms with Crippen molar-refractivity contribution >= 4 is 0 Å². The topological polar surface area (TPSA) is 90.2 Å². The van der Waals surface area contributed by atoms with Crippen molar-refractivity contribution in [2.45, 2.75) is 58.8 Å². The first-order valence-corrected chi connectivity index (χ1v) is 11.2. The van der Waals surface area contributed by atoms with Gasteiger partial charge in [0, 0.05) is 25.0 Å². The van der Waals surface area contributed by atoms with E-state index in [-0.39, 0.29) is 23.8 Å². The Morgan fingerprint density at radius 1 is 0.812 bits per heavy atom. The van der Waals surface area contributed by atoms with Crippen LogP contribution in [0.4, 0.5) is 0 Å². The summed E-state index contributed by atoms with van der Waals surface area (Å²) >= 11 is 0. The number of aromatic hydroxyl groups is 2. The third-order valence-corrected chi connectivity index (χ3v) is 5.33. The van der Waals surface area contributed by atoms with Crippen molar-refractivity contribution in [2.75, 3.05) is 6.61 Å². The van der Waals surface area contributed by atoms with E-state index < -0.39 is 12.2 Å². The van der Waals surface area contributed by atoms with Crippen LogP contribution in [0.15, 0.2) is 48.5 Å². The number of hydrogen-bond donors (Lipinski definition) is 4. The van der Waals surface area contributed by atoms with E-state index in [9.17, 15) is 20.4 Å². The zero-order valence-electron chi connectivity index (χ0n) is 19.2. The van der Waals surface area contributed by atoms with Gasteiger partial charge >= 0.3 is 0 Å². The Morgan fingerprint density at radius 2 is 1.47 bits per heavy atom. The van der Waals surface area contributed by atoms with Crippen LogP contribution >= 0.6 is 0 Å². The summed E-state index contributed by atoms with van der Waals surface area (Å²) in [5, 5.41) is 39.5. The standard InChI is InChI=1S/C27H36O5/c1-19(9-10-24(28)16-27(31)23-13-25(29)15-26(30)14-23)11-20(2)12-21(3)17-32-18-22-7-5-4-6-8-22/h4-8,13-15,19-21,24,27-31H,11-12,16-18H2,1-3H3/t19-,20-,21-,24?,27-/m1/s1. The quantitative estimate of drug-likeness (QED) is 0.377. The van der Waals surface area contributed by atoms with E-state index in [0.717, 1.165) is 19.4 Å². The molecule has 5 heteroatoms. The Hall–Kier alpha value is -2.52. The van der Waals surface area contributed by atoms with Crippen LogP contribution in [0.25, 0.3) is 0 Å². The summed E-state index contributed by atoms with van der Waals surface area (Å²) in [6, 6.07) is 14.1. The van der Waals surface area contributed by atoms with E-state index in [4.69, 9.17) is 4.74 Å². The summed E-state index contributed by atoms with van der Waals surface area (Å²) in [7, 11) is 0. The number of hydrogen-bond acceptors (Lipinski definition) is 5. The highest BCUT2D eigenvalue weighted by atomic mass is 16.5. The van der Waals surface area contributed by atoms with Gasteiger partial charge in [-0.3, -0.25) is 0 Å². The first-order chi connectivity index (χ1) is 15.2. The van der Waals surface area contributed by atoms with E-state index in [1.54, 1.807) is 0 Å². The normalized spacial score (nSPS) is 15.8. The first kappa shape index (κ1) is 25.7. The van der Waals surface area contributed by atoms with Gasteiger partial charge in [0.05, 0.1) is 12.7 Å². The maximum absolute atomic E-state index is 10.2. The van der Waals surface area contributed by atoms with E-state index >= 15 is 0 Å². The van der Waals surface area contributed by atoms with Crippen molar-refractivity contribution in [3.05, 3.63) is 59.7 Å². The lowest BCUT2D eigenvalue weighted by Gasteiger charge is -2.19. The Kier molecular flexibility index (Phi) is 10.6. The Balaban J connectivity index is 1.71. The fraction of sp³-hybridized carbons (Fsp3) is 0.481. The second kappa shape index (κ2) is 13.1. The van der Waals surface area contributed by atoms with Crippen molar-refractivity contribution in [3.63, 3.8) is 0 Å². The van der Waals surface area contributed by atoms with E-state index in [0.29, 0.717) is 24.0 Å². The lowest BCUT2D eigenvalue weighted by Crippen LogP contribution is -2.13. The number of aliphatic hydroxyl groups is 2. The highest BCUT2D eigenvalue weighted by Gasteiger charge is 2.15. The molecule has 0 aliphatic rings. The molecule has 0 bridgehead atoms. The number of aliphatic hydroxyl groups excluding tert-OH is 2. The molecule has 174 valence electrons. The summed E-state index contributed by atoms with van der Waals surface area (Å²) in [6.45, 7) is 7.80. The Bertz CT molecular complexity index is 850. The van der Waals surface area contributed by atoms with Gasteiger partial charge in [-0.05, 0) is 47.9 Å². The molecule has 2 aromatic carbocycles. The van der Waals surface area contributed by atoms with Crippen LogP contribution in [-0.4, -0.2) is 33.1 Å². The number of phenolic OH excluding ortho intramolecular Hbond substituents is 2. The fourth-order valence-corrected chi connectivity index (χ4v) is 3.92. The molecule has 32 heavy (non-hydrogen) atoms.